The molecular formula is C20H29ClN2O3S. The number of benzene rings is 1. The first kappa shape index (κ1) is 20.6. The highest BCUT2D eigenvalue weighted by Gasteiger charge is 2.31. The monoisotopic (exact) mass is 412 g/mol. The standard InChI is InChI=1S/C20H29ClN2O3S/c1-16-8-7-13-23(15-16)27(25,26)19-14-17(9-10-18(19)21)20(24)22-11-5-3-2-4-6-12-22/h9-10,14,16H,2-8,11-13,15H2,1H3. The third-order valence-corrected chi connectivity index (χ3v) is 7.91. The molecule has 2 fully saturated rings. The molecule has 0 aliphatic carbocycles. The van der Waals surface area contributed by atoms with Crippen molar-refractivity contribution in [1.29, 1.82) is 0 Å². The Balaban J connectivity index is 1.86. The highest BCUT2D eigenvalue weighted by Crippen LogP contribution is 2.29. The van der Waals surface area contributed by atoms with Gasteiger partial charge in [0.05, 0.1) is 5.02 Å². The zero-order valence-electron chi connectivity index (χ0n) is 16.0. The van der Waals surface area contributed by atoms with E-state index in [1.807, 2.05) is 4.90 Å². The smallest absolute Gasteiger partial charge is 0.253 e. The van der Waals surface area contributed by atoms with E-state index in [1.165, 1.54) is 16.8 Å². The fourth-order valence-corrected chi connectivity index (χ4v) is 6.07. The third kappa shape index (κ3) is 4.84. The van der Waals surface area contributed by atoms with Crippen LogP contribution in [0.2, 0.25) is 5.02 Å². The molecule has 7 heteroatoms. The zero-order valence-corrected chi connectivity index (χ0v) is 17.6. The molecular weight excluding hydrogens is 384 g/mol. The van der Waals surface area contributed by atoms with Gasteiger partial charge in [-0.05, 0) is 49.8 Å². The SMILES string of the molecule is CC1CCCN(S(=O)(=O)c2cc(C(=O)N3CCCCCCC3)ccc2Cl)C1. The molecule has 1 unspecified atom stereocenters. The normalized spacial score (nSPS) is 22.9. The van der Waals surface area contributed by atoms with E-state index in [9.17, 15) is 13.2 Å². The predicted molar refractivity (Wildman–Crippen MR) is 108 cm³/mol. The molecule has 0 spiro atoms. The van der Waals surface area contributed by atoms with Gasteiger partial charge in [0.15, 0.2) is 0 Å². The van der Waals surface area contributed by atoms with Crippen LogP contribution in [0.25, 0.3) is 0 Å². The highest BCUT2D eigenvalue weighted by molar-refractivity contribution is 7.89. The molecule has 1 atom stereocenters. The van der Waals surface area contributed by atoms with Gasteiger partial charge in [-0.1, -0.05) is 37.8 Å². The lowest BCUT2D eigenvalue weighted by atomic mass is 10.0. The van der Waals surface area contributed by atoms with Crippen molar-refractivity contribution in [3.05, 3.63) is 28.8 Å². The largest absolute Gasteiger partial charge is 0.339 e. The number of hydrogen-bond acceptors (Lipinski definition) is 3. The van der Waals surface area contributed by atoms with Gasteiger partial charge in [-0.2, -0.15) is 4.31 Å². The Morgan fingerprint density at radius 2 is 1.70 bits per heavy atom. The van der Waals surface area contributed by atoms with Gasteiger partial charge < -0.3 is 4.90 Å². The lowest BCUT2D eigenvalue weighted by Gasteiger charge is -2.30. The summed E-state index contributed by atoms with van der Waals surface area (Å²) in [5, 5.41) is 0.178. The van der Waals surface area contributed by atoms with E-state index in [2.05, 4.69) is 6.92 Å². The Bertz CT molecular complexity index is 773. The number of nitrogens with zero attached hydrogens (tertiary/aromatic N) is 2. The second kappa shape index (κ2) is 8.93. The van der Waals surface area contributed by atoms with Gasteiger partial charge in [0.25, 0.3) is 5.91 Å². The second-order valence-electron chi connectivity index (χ2n) is 7.82. The van der Waals surface area contributed by atoms with Crippen LogP contribution in [-0.4, -0.2) is 49.7 Å². The van der Waals surface area contributed by atoms with Crippen LogP contribution < -0.4 is 0 Å². The van der Waals surface area contributed by atoms with E-state index in [0.29, 0.717) is 24.6 Å². The Morgan fingerprint density at radius 3 is 2.37 bits per heavy atom. The molecule has 0 saturated carbocycles. The van der Waals surface area contributed by atoms with Crippen molar-refractivity contribution in [2.24, 2.45) is 5.92 Å². The van der Waals surface area contributed by atoms with Crippen LogP contribution >= 0.6 is 11.6 Å². The summed E-state index contributed by atoms with van der Waals surface area (Å²) in [5.74, 6) is 0.232. The molecule has 2 aliphatic rings. The van der Waals surface area contributed by atoms with Crippen LogP contribution in [0.4, 0.5) is 0 Å². The maximum absolute atomic E-state index is 13.1. The van der Waals surface area contributed by atoms with Crippen molar-refractivity contribution < 1.29 is 13.2 Å². The van der Waals surface area contributed by atoms with Crippen molar-refractivity contribution in [3.63, 3.8) is 0 Å². The van der Waals surface area contributed by atoms with Crippen LogP contribution in [0.15, 0.2) is 23.1 Å². The van der Waals surface area contributed by atoms with E-state index in [1.54, 1.807) is 12.1 Å². The van der Waals surface area contributed by atoms with Gasteiger partial charge in [-0.15, -0.1) is 0 Å². The number of sulfonamides is 1. The average Bonchev–Trinajstić information content (AvgIpc) is 2.61. The molecule has 3 rings (SSSR count). The third-order valence-electron chi connectivity index (χ3n) is 5.56. The minimum Gasteiger partial charge on any atom is -0.339 e. The van der Waals surface area contributed by atoms with Crippen LogP contribution in [-0.2, 0) is 10.0 Å². The van der Waals surface area contributed by atoms with Gasteiger partial charge in [0, 0.05) is 31.7 Å². The first-order valence-electron chi connectivity index (χ1n) is 9.98. The summed E-state index contributed by atoms with van der Waals surface area (Å²) in [4.78, 5) is 14.9. The molecule has 2 saturated heterocycles. The Hall–Kier alpha value is -1.11. The Morgan fingerprint density at radius 1 is 1.04 bits per heavy atom. The van der Waals surface area contributed by atoms with Crippen molar-refractivity contribution in [1.82, 2.24) is 9.21 Å². The summed E-state index contributed by atoms with van der Waals surface area (Å²) in [6.45, 7) is 4.53. The molecule has 0 aromatic heterocycles. The number of carbonyl (C=O) groups excluding carboxylic acids is 1. The molecule has 1 amide bonds. The molecule has 1 aromatic rings. The number of carbonyl (C=O) groups is 1. The lowest BCUT2D eigenvalue weighted by Crippen LogP contribution is -2.39. The first-order valence-corrected chi connectivity index (χ1v) is 11.8. The molecule has 27 heavy (non-hydrogen) atoms. The Kier molecular flexibility index (Phi) is 6.82. The summed E-state index contributed by atoms with van der Waals surface area (Å²) >= 11 is 6.24. The molecule has 0 N–H and O–H groups in total. The average molecular weight is 413 g/mol. The summed E-state index contributed by atoms with van der Waals surface area (Å²) in [6, 6.07) is 4.65. The summed E-state index contributed by atoms with van der Waals surface area (Å²) < 4.78 is 27.8. The molecule has 1 aromatic carbocycles. The summed E-state index contributed by atoms with van der Waals surface area (Å²) in [7, 11) is -3.69. The highest BCUT2D eigenvalue weighted by atomic mass is 35.5. The molecule has 150 valence electrons. The van der Waals surface area contributed by atoms with E-state index >= 15 is 0 Å². The minimum atomic E-state index is -3.69. The fourth-order valence-electron chi connectivity index (χ4n) is 3.97. The van der Waals surface area contributed by atoms with Gasteiger partial charge in [-0.3, -0.25) is 4.79 Å². The Labute approximate surface area is 167 Å². The lowest BCUT2D eigenvalue weighted by molar-refractivity contribution is 0.0742. The number of amides is 1. The molecule has 5 nitrogen and oxygen atoms in total. The van der Waals surface area contributed by atoms with E-state index < -0.39 is 10.0 Å². The predicted octanol–water partition coefficient (Wildman–Crippen LogP) is 4.17. The van der Waals surface area contributed by atoms with Gasteiger partial charge in [0.1, 0.15) is 4.90 Å². The van der Waals surface area contributed by atoms with Gasteiger partial charge in [-0.25, -0.2) is 8.42 Å². The first-order chi connectivity index (χ1) is 12.9. The summed E-state index contributed by atoms with van der Waals surface area (Å²) in [5.41, 5.74) is 0.406. The topological polar surface area (TPSA) is 57.7 Å². The second-order valence-corrected chi connectivity index (χ2v) is 10.1. The number of piperidine rings is 1. The molecule has 0 radical (unpaired) electrons. The number of hydrogen-bond donors (Lipinski definition) is 0. The van der Waals surface area contributed by atoms with Crippen LogP contribution in [0.1, 0.15) is 62.2 Å². The van der Waals surface area contributed by atoms with Crippen molar-refractivity contribution in [2.75, 3.05) is 26.2 Å². The fraction of sp³-hybridized carbons (Fsp3) is 0.650. The van der Waals surface area contributed by atoms with Crippen LogP contribution in [0.5, 0.6) is 0 Å². The number of halogens is 1. The summed E-state index contributed by atoms with van der Waals surface area (Å²) in [6.07, 6.45) is 7.37. The van der Waals surface area contributed by atoms with Crippen LogP contribution in [0.3, 0.4) is 0 Å². The van der Waals surface area contributed by atoms with Gasteiger partial charge >= 0.3 is 0 Å². The van der Waals surface area contributed by atoms with E-state index in [-0.39, 0.29) is 15.8 Å². The maximum atomic E-state index is 13.1. The maximum Gasteiger partial charge on any atom is 0.253 e. The number of rotatable bonds is 3. The van der Waals surface area contributed by atoms with Gasteiger partial charge in [0.2, 0.25) is 10.0 Å². The zero-order chi connectivity index (χ0) is 19.4. The molecule has 2 aliphatic heterocycles. The molecule has 2 heterocycles. The van der Waals surface area contributed by atoms with E-state index in [4.69, 9.17) is 11.6 Å². The van der Waals surface area contributed by atoms with E-state index in [0.717, 1.165) is 51.6 Å². The van der Waals surface area contributed by atoms with Crippen molar-refractivity contribution >= 4 is 27.5 Å². The number of likely N-dealkylation sites (tertiary alicyclic amines) is 1. The van der Waals surface area contributed by atoms with Crippen LogP contribution in [0, 0.1) is 5.92 Å². The van der Waals surface area contributed by atoms with Crippen molar-refractivity contribution in [2.45, 2.75) is 56.8 Å². The minimum absolute atomic E-state index is 0.0520. The quantitative estimate of drug-likeness (QED) is 0.748. The molecule has 0 bridgehead atoms. The van der Waals surface area contributed by atoms with Crippen molar-refractivity contribution in [3.8, 4) is 0 Å².